The number of carbonyl (C=O) groups is 1. The number of methoxy groups -OCH3 is 1. The van der Waals surface area contributed by atoms with Gasteiger partial charge in [-0.3, -0.25) is 4.79 Å². The topological polar surface area (TPSA) is 123 Å². The fourth-order valence-corrected chi connectivity index (χ4v) is 11.7. The van der Waals surface area contributed by atoms with E-state index in [1.54, 1.807) is 0 Å². The molecular formula is C36H62N2O6. The van der Waals surface area contributed by atoms with Gasteiger partial charge in [-0.2, -0.15) is 0 Å². The first-order valence-corrected chi connectivity index (χ1v) is 17.4. The van der Waals surface area contributed by atoms with E-state index in [2.05, 4.69) is 59.9 Å². The SMILES string of the molecule is CO[C@@H]1C[C@@]23COC[C@](C)(C2CC[C@H]2C3=CC[C@@]3(C)[C@H](C(=O)O)[C@@](C)([C@H](C)C(C)C)CC[C@]23C)[C@H]1OCCNC[C@@H](N)CO. The fraction of sp³-hybridized carbons (Fsp3) is 0.917. The minimum Gasteiger partial charge on any atom is -0.481 e. The average molecular weight is 619 g/mol. The summed E-state index contributed by atoms with van der Waals surface area (Å²) in [6.45, 7) is 19.3. The molecule has 4 aliphatic carbocycles. The van der Waals surface area contributed by atoms with E-state index in [0.717, 1.165) is 38.5 Å². The minimum absolute atomic E-state index is 0.0379. The Bertz CT molecular complexity index is 1100. The van der Waals surface area contributed by atoms with Gasteiger partial charge in [0.1, 0.15) is 0 Å². The number of allylic oxidation sites excluding steroid dienone is 1. The Morgan fingerprint density at radius 1 is 1.14 bits per heavy atom. The largest absolute Gasteiger partial charge is 0.481 e. The molecule has 8 heteroatoms. The summed E-state index contributed by atoms with van der Waals surface area (Å²) >= 11 is 0. The van der Waals surface area contributed by atoms with Crippen molar-refractivity contribution in [2.24, 2.45) is 62.4 Å². The second-order valence-corrected chi connectivity index (χ2v) is 16.8. The summed E-state index contributed by atoms with van der Waals surface area (Å²) < 4.78 is 19.5. The first-order chi connectivity index (χ1) is 20.7. The van der Waals surface area contributed by atoms with Crippen molar-refractivity contribution in [1.29, 1.82) is 0 Å². The van der Waals surface area contributed by atoms with Gasteiger partial charge < -0.3 is 35.5 Å². The second-order valence-electron chi connectivity index (χ2n) is 16.8. The molecule has 1 heterocycles. The van der Waals surface area contributed by atoms with Crippen LogP contribution in [0.4, 0.5) is 0 Å². The highest BCUT2D eigenvalue weighted by Gasteiger charge is 2.71. The number of aliphatic hydroxyl groups excluding tert-OH is 1. The summed E-state index contributed by atoms with van der Waals surface area (Å²) in [5.41, 5.74) is 6.42. The van der Waals surface area contributed by atoms with Crippen molar-refractivity contribution in [3.05, 3.63) is 11.6 Å². The van der Waals surface area contributed by atoms with Gasteiger partial charge in [-0.05, 0) is 78.4 Å². The maximum Gasteiger partial charge on any atom is 0.307 e. The standard InChI is InChI=1S/C36H62N2O6/c1-22(2)23(3)32(4)13-14-34(6)25-9-10-28-33(5)20-43-21-36(28,26(25)11-12-35(34,7)29(32)31(40)41)17-27(42-8)30(33)44-16-15-38-18-24(37)19-39/h11,22-25,27-30,38-39H,9-10,12-21,37H2,1-8H3,(H,40,41)/t23-,24-,25+,27-,28?,29-,30+,32-,33-,34-,35+,36+/m1/s1. The Balaban J connectivity index is 1.47. The normalized spacial score (nSPS) is 46.3. The molecule has 5 aliphatic rings. The summed E-state index contributed by atoms with van der Waals surface area (Å²) in [4.78, 5) is 13.3. The van der Waals surface area contributed by atoms with Crippen LogP contribution in [0.3, 0.4) is 0 Å². The summed E-state index contributed by atoms with van der Waals surface area (Å²) in [5.74, 6) is 0.541. The molecule has 2 bridgehead atoms. The maximum atomic E-state index is 13.3. The first-order valence-electron chi connectivity index (χ1n) is 17.4. The van der Waals surface area contributed by atoms with Crippen LogP contribution in [0.5, 0.6) is 0 Å². The number of carboxylic acids is 1. The van der Waals surface area contributed by atoms with Crippen LogP contribution in [0.1, 0.15) is 87.0 Å². The van der Waals surface area contributed by atoms with Crippen molar-refractivity contribution in [1.82, 2.24) is 5.32 Å². The maximum absolute atomic E-state index is 13.3. The zero-order valence-electron chi connectivity index (χ0n) is 28.8. The Hall–Kier alpha value is -1.03. The van der Waals surface area contributed by atoms with E-state index in [-0.39, 0.29) is 57.8 Å². The van der Waals surface area contributed by atoms with Gasteiger partial charge in [0, 0.05) is 37.1 Å². The van der Waals surface area contributed by atoms with Crippen molar-refractivity contribution in [2.75, 3.05) is 46.6 Å². The number of hydrogen-bond donors (Lipinski definition) is 4. The molecule has 0 radical (unpaired) electrons. The van der Waals surface area contributed by atoms with E-state index in [0.29, 0.717) is 56.6 Å². The van der Waals surface area contributed by atoms with E-state index in [9.17, 15) is 15.0 Å². The third-order valence-electron chi connectivity index (χ3n) is 14.6. The Kier molecular flexibility index (Phi) is 9.52. The first kappa shape index (κ1) is 34.3. The third kappa shape index (κ3) is 4.95. The quantitative estimate of drug-likeness (QED) is 0.191. The highest BCUT2D eigenvalue weighted by molar-refractivity contribution is 5.73. The van der Waals surface area contributed by atoms with Crippen molar-refractivity contribution in [3.8, 4) is 0 Å². The van der Waals surface area contributed by atoms with Crippen molar-refractivity contribution >= 4 is 5.97 Å². The molecule has 8 nitrogen and oxygen atoms in total. The molecule has 0 spiro atoms. The highest BCUT2D eigenvalue weighted by atomic mass is 16.5. The van der Waals surface area contributed by atoms with Crippen LogP contribution in [0, 0.1) is 56.7 Å². The highest BCUT2D eigenvalue weighted by Crippen LogP contribution is 2.75. The van der Waals surface area contributed by atoms with E-state index < -0.39 is 5.97 Å². The van der Waals surface area contributed by atoms with Crippen molar-refractivity contribution in [3.63, 3.8) is 0 Å². The number of aliphatic hydroxyl groups is 1. The van der Waals surface area contributed by atoms with Crippen LogP contribution in [-0.2, 0) is 19.0 Å². The molecule has 0 aromatic rings. The number of ether oxygens (including phenoxy) is 3. The molecule has 0 aromatic heterocycles. The van der Waals surface area contributed by atoms with Gasteiger partial charge in [0.2, 0.25) is 0 Å². The zero-order valence-corrected chi connectivity index (χ0v) is 28.8. The van der Waals surface area contributed by atoms with Crippen LogP contribution in [-0.4, -0.2) is 81.1 Å². The van der Waals surface area contributed by atoms with Gasteiger partial charge in [-0.25, -0.2) is 0 Å². The van der Waals surface area contributed by atoms with Gasteiger partial charge >= 0.3 is 5.97 Å². The summed E-state index contributed by atoms with van der Waals surface area (Å²) in [5, 5.41) is 23.5. The minimum atomic E-state index is -0.615. The second kappa shape index (κ2) is 12.2. The molecule has 1 saturated heterocycles. The predicted octanol–water partition coefficient (Wildman–Crippen LogP) is 4.88. The smallest absolute Gasteiger partial charge is 0.307 e. The van der Waals surface area contributed by atoms with Gasteiger partial charge in [0.25, 0.3) is 0 Å². The number of carboxylic acid groups (broad SMARTS) is 1. The van der Waals surface area contributed by atoms with Crippen molar-refractivity contribution < 1.29 is 29.2 Å². The molecule has 252 valence electrons. The molecule has 44 heavy (non-hydrogen) atoms. The molecule has 3 saturated carbocycles. The molecule has 0 aromatic carbocycles. The van der Waals surface area contributed by atoms with Gasteiger partial charge in [0.15, 0.2) is 0 Å². The van der Waals surface area contributed by atoms with E-state index in [1.807, 2.05) is 7.11 Å². The van der Waals surface area contributed by atoms with Gasteiger partial charge in [0.05, 0.1) is 44.6 Å². The number of hydrogen-bond acceptors (Lipinski definition) is 7. The van der Waals surface area contributed by atoms with Gasteiger partial charge in [-0.1, -0.05) is 60.1 Å². The number of rotatable bonds is 11. The zero-order chi connectivity index (χ0) is 32.3. The van der Waals surface area contributed by atoms with Crippen molar-refractivity contribution in [2.45, 2.75) is 105 Å². The summed E-state index contributed by atoms with van der Waals surface area (Å²) in [6, 6.07) is -0.272. The average Bonchev–Trinajstić information content (AvgIpc) is 2.97. The lowest BCUT2D eigenvalue weighted by Gasteiger charge is -2.71. The summed E-state index contributed by atoms with van der Waals surface area (Å²) in [7, 11) is 1.82. The van der Waals surface area contributed by atoms with Crippen LogP contribution in [0.2, 0.25) is 0 Å². The van der Waals surface area contributed by atoms with Crippen LogP contribution >= 0.6 is 0 Å². The molecule has 12 atom stereocenters. The predicted molar refractivity (Wildman–Crippen MR) is 172 cm³/mol. The Morgan fingerprint density at radius 3 is 2.50 bits per heavy atom. The van der Waals surface area contributed by atoms with E-state index in [1.165, 1.54) is 5.57 Å². The molecule has 4 fully saturated rings. The summed E-state index contributed by atoms with van der Waals surface area (Å²) in [6.07, 6.45) is 8.26. The lowest BCUT2D eigenvalue weighted by Crippen LogP contribution is -2.70. The number of nitrogens with one attached hydrogen (secondary N) is 1. The molecule has 5 N–H and O–H groups in total. The Morgan fingerprint density at radius 2 is 1.86 bits per heavy atom. The monoisotopic (exact) mass is 618 g/mol. The van der Waals surface area contributed by atoms with Crippen LogP contribution < -0.4 is 11.1 Å². The van der Waals surface area contributed by atoms with E-state index in [4.69, 9.17) is 19.9 Å². The fourth-order valence-electron chi connectivity index (χ4n) is 11.7. The third-order valence-corrected chi connectivity index (χ3v) is 14.6. The lowest BCUT2D eigenvalue weighted by atomic mass is 9.34. The molecular weight excluding hydrogens is 556 g/mol. The van der Waals surface area contributed by atoms with E-state index >= 15 is 0 Å². The van der Waals surface area contributed by atoms with Gasteiger partial charge in [-0.15, -0.1) is 0 Å². The molecule has 1 aliphatic heterocycles. The number of nitrogens with two attached hydrogens (primary N) is 1. The lowest BCUT2D eigenvalue weighted by molar-refractivity contribution is -0.266. The van der Waals surface area contributed by atoms with Crippen LogP contribution in [0.25, 0.3) is 0 Å². The Labute approximate surface area is 266 Å². The molecule has 0 amide bonds. The molecule has 1 unspecified atom stereocenters. The van der Waals surface area contributed by atoms with Crippen LogP contribution in [0.15, 0.2) is 11.6 Å². The number of fused-ring (bicyclic) bond motifs is 3. The molecule has 5 rings (SSSR count). The number of aliphatic carboxylic acids is 1.